The molecule has 1 rings (SSSR count). The molecule has 2 N–H and O–H groups in total. The first-order valence-corrected chi connectivity index (χ1v) is 5.93. The maximum absolute atomic E-state index is 11.6. The molecule has 0 aliphatic carbocycles. The van der Waals surface area contributed by atoms with Crippen LogP contribution in [0.1, 0.15) is 43.0 Å². The molecular weight excluding hydrogens is 200 g/mol. The number of nitrogens with one attached hydrogen (secondary N) is 2. The van der Waals surface area contributed by atoms with E-state index in [9.17, 15) is 4.79 Å². The van der Waals surface area contributed by atoms with Crippen LogP contribution in [0.2, 0.25) is 0 Å². The topological polar surface area (TPSA) is 41.1 Å². The number of rotatable bonds is 7. The van der Waals surface area contributed by atoms with Crippen molar-refractivity contribution < 1.29 is 4.79 Å². The lowest BCUT2D eigenvalue weighted by molar-refractivity contribution is 0.0933. The summed E-state index contributed by atoms with van der Waals surface area (Å²) in [5.74, 6) is -0.0731. The first-order valence-electron chi connectivity index (χ1n) is 5.93. The second-order valence-electron chi connectivity index (χ2n) is 3.81. The molecular formula is C13H20N2O. The van der Waals surface area contributed by atoms with E-state index in [4.69, 9.17) is 0 Å². The Hall–Kier alpha value is -1.35. The SMILES string of the molecule is CCCCCCNNC(=O)c1ccccc1. The molecule has 0 spiro atoms. The highest BCUT2D eigenvalue weighted by atomic mass is 16.2. The number of hydrazine groups is 1. The lowest BCUT2D eigenvalue weighted by Gasteiger charge is -2.06. The molecule has 0 fully saturated rings. The first kappa shape index (κ1) is 12.7. The number of benzene rings is 1. The second kappa shape index (κ2) is 7.88. The van der Waals surface area contributed by atoms with Crippen LogP contribution >= 0.6 is 0 Å². The molecule has 0 aromatic heterocycles. The number of carbonyl (C=O) groups is 1. The summed E-state index contributed by atoms with van der Waals surface area (Å²) in [4.78, 5) is 11.6. The average molecular weight is 220 g/mol. The smallest absolute Gasteiger partial charge is 0.265 e. The number of amides is 1. The summed E-state index contributed by atoms with van der Waals surface area (Å²) < 4.78 is 0. The molecule has 88 valence electrons. The van der Waals surface area contributed by atoms with Gasteiger partial charge in [-0.1, -0.05) is 44.4 Å². The van der Waals surface area contributed by atoms with Crippen LogP contribution in [0.3, 0.4) is 0 Å². The summed E-state index contributed by atoms with van der Waals surface area (Å²) in [5, 5.41) is 0. The summed E-state index contributed by atoms with van der Waals surface area (Å²) in [6, 6.07) is 9.21. The van der Waals surface area contributed by atoms with E-state index in [1.54, 1.807) is 12.1 Å². The molecule has 3 heteroatoms. The van der Waals surface area contributed by atoms with Crippen LogP contribution in [-0.4, -0.2) is 12.5 Å². The van der Waals surface area contributed by atoms with Gasteiger partial charge >= 0.3 is 0 Å². The van der Waals surface area contributed by atoms with Crippen molar-refractivity contribution in [2.75, 3.05) is 6.54 Å². The summed E-state index contributed by atoms with van der Waals surface area (Å²) in [6.45, 7) is 3.02. The predicted octanol–water partition coefficient (Wildman–Crippen LogP) is 2.50. The molecule has 0 saturated carbocycles. The Labute approximate surface area is 97.2 Å². The molecule has 0 unspecified atom stereocenters. The molecule has 16 heavy (non-hydrogen) atoms. The van der Waals surface area contributed by atoms with Crippen LogP contribution in [0, 0.1) is 0 Å². The minimum Gasteiger partial charge on any atom is -0.287 e. The van der Waals surface area contributed by atoms with Crippen molar-refractivity contribution in [3.63, 3.8) is 0 Å². The standard InChI is InChI=1S/C13H20N2O/c1-2-3-4-8-11-14-15-13(16)12-9-6-5-7-10-12/h5-7,9-10,14H,2-4,8,11H2,1H3,(H,15,16). The highest BCUT2D eigenvalue weighted by molar-refractivity contribution is 5.93. The fraction of sp³-hybridized carbons (Fsp3) is 0.462. The van der Waals surface area contributed by atoms with Gasteiger partial charge in [0.15, 0.2) is 0 Å². The van der Waals surface area contributed by atoms with Crippen LogP contribution in [0.4, 0.5) is 0 Å². The maximum atomic E-state index is 11.6. The van der Waals surface area contributed by atoms with E-state index < -0.39 is 0 Å². The van der Waals surface area contributed by atoms with Crippen molar-refractivity contribution >= 4 is 5.91 Å². The van der Waals surface area contributed by atoms with Gasteiger partial charge in [0.2, 0.25) is 0 Å². The number of unbranched alkanes of at least 4 members (excludes halogenated alkanes) is 3. The Morgan fingerprint density at radius 2 is 1.88 bits per heavy atom. The maximum Gasteiger partial charge on any atom is 0.265 e. The Bertz CT molecular complexity index is 298. The molecule has 1 aromatic carbocycles. The summed E-state index contributed by atoms with van der Waals surface area (Å²) in [7, 11) is 0. The van der Waals surface area contributed by atoms with Crippen LogP contribution in [0.15, 0.2) is 30.3 Å². The highest BCUT2D eigenvalue weighted by Gasteiger charge is 2.01. The molecule has 0 aliphatic heterocycles. The molecule has 1 aromatic rings. The van der Waals surface area contributed by atoms with Gasteiger partial charge in [0.1, 0.15) is 0 Å². The fourth-order valence-corrected chi connectivity index (χ4v) is 1.44. The normalized spacial score (nSPS) is 10.1. The zero-order valence-corrected chi connectivity index (χ0v) is 9.83. The Balaban J connectivity index is 2.12. The van der Waals surface area contributed by atoms with Gasteiger partial charge in [0, 0.05) is 12.1 Å². The Morgan fingerprint density at radius 1 is 1.12 bits per heavy atom. The van der Waals surface area contributed by atoms with E-state index in [1.807, 2.05) is 18.2 Å². The molecule has 0 radical (unpaired) electrons. The third-order valence-electron chi connectivity index (χ3n) is 2.39. The minimum absolute atomic E-state index is 0.0731. The van der Waals surface area contributed by atoms with Gasteiger partial charge in [0.25, 0.3) is 5.91 Å². The van der Waals surface area contributed by atoms with Crippen molar-refractivity contribution in [2.45, 2.75) is 32.6 Å². The molecule has 0 saturated heterocycles. The molecule has 0 heterocycles. The van der Waals surface area contributed by atoms with Gasteiger partial charge < -0.3 is 0 Å². The number of hydrogen-bond donors (Lipinski definition) is 2. The third kappa shape index (κ3) is 4.94. The molecule has 0 atom stereocenters. The predicted molar refractivity (Wildman–Crippen MR) is 66.1 cm³/mol. The third-order valence-corrected chi connectivity index (χ3v) is 2.39. The fourth-order valence-electron chi connectivity index (χ4n) is 1.44. The average Bonchev–Trinajstić information content (AvgIpc) is 2.34. The van der Waals surface area contributed by atoms with Crippen LogP contribution in [0.5, 0.6) is 0 Å². The van der Waals surface area contributed by atoms with Crippen molar-refractivity contribution in [1.82, 2.24) is 10.9 Å². The highest BCUT2D eigenvalue weighted by Crippen LogP contribution is 1.98. The van der Waals surface area contributed by atoms with E-state index in [1.165, 1.54) is 19.3 Å². The van der Waals surface area contributed by atoms with Crippen molar-refractivity contribution in [1.29, 1.82) is 0 Å². The van der Waals surface area contributed by atoms with E-state index >= 15 is 0 Å². The number of hydrogen-bond acceptors (Lipinski definition) is 2. The van der Waals surface area contributed by atoms with Crippen molar-refractivity contribution in [3.8, 4) is 0 Å². The summed E-state index contributed by atoms with van der Waals surface area (Å²) in [6.07, 6.45) is 4.80. The van der Waals surface area contributed by atoms with Gasteiger partial charge in [-0.3, -0.25) is 10.2 Å². The largest absolute Gasteiger partial charge is 0.287 e. The zero-order chi connectivity index (χ0) is 11.6. The van der Waals surface area contributed by atoms with Crippen molar-refractivity contribution in [2.24, 2.45) is 0 Å². The van der Waals surface area contributed by atoms with Gasteiger partial charge in [-0.05, 0) is 18.6 Å². The molecule has 1 amide bonds. The van der Waals surface area contributed by atoms with Gasteiger partial charge in [-0.15, -0.1) is 0 Å². The van der Waals surface area contributed by atoms with E-state index in [-0.39, 0.29) is 5.91 Å². The summed E-state index contributed by atoms with van der Waals surface area (Å²) >= 11 is 0. The molecule has 3 nitrogen and oxygen atoms in total. The van der Waals surface area contributed by atoms with Crippen molar-refractivity contribution in [3.05, 3.63) is 35.9 Å². The van der Waals surface area contributed by atoms with E-state index in [0.29, 0.717) is 5.56 Å². The quantitative estimate of drug-likeness (QED) is 0.547. The Kier molecular flexibility index (Phi) is 6.26. The van der Waals surface area contributed by atoms with Crippen LogP contribution < -0.4 is 10.9 Å². The first-order chi connectivity index (χ1) is 7.84. The van der Waals surface area contributed by atoms with Crippen LogP contribution in [0.25, 0.3) is 0 Å². The monoisotopic (exact) mass is 220 g/mol. The van der Waals surface area contributed by atoms with Gasteiger partial charge in [0.05, 0.1) is 0 Å². The zero-order valence-electron chi connectivity index (χ0n) is 9.83. The second-order valence-corrected chi connectivity index (χ2v) is 3.81. The minimum atomic E-state index is -0.0731. The molecule has 0 bridgehead atoms. The van der Waals surface area contributed by atoms with E-state index in [2.05, 4.69) is 17.8 Å². The lowest BCUT2D eigenvalue weighted by Crippen LogP contribution is -2.37. The van der Waals surface area contributed by atoms with Gasteiger partial charge in [-0.2, -0.15) is 0 Å². The summed E-state index contributed by atoms with van der Waals surface area (Å²) in [5.41, 5.74) is 6.31. The Morgan fingerprint density at radius 3 is 2.56 bits per heavy atom. The van der Waals surface area contributed by atoms with Crippen LogP contribution in [-0.2, 0) is 0 Å². The number of carbonyl (C=O) groups excluding carboxylic acids is 1. The molecule has 0 aliphatic rings. The van der Waals surface area contributed by atoms with Gasteiger partial charge in [-0.25, -0.2) is 5.43 Å². The van der Waals surface area contributed by atoms with E-state index in [0.717, 1.165) is 13.0 Å². The lowest BCUT2D eigenvalue weighted by atomic mass is 10.2.